The fraction of sp³-hybridized carbons (Fsp3) is 0.160. The van der Waals surface area contributed by atoms with Crippen molar-refractivity contribution < 1.29 is 9.47 Å². The molecule has 3 aromatic heterocycles. The normalized spacial score (nSPS) is 11.6. The average Bonchev–Trinajstić information content (AvgIpc) is 3.43. The third-order valence-corrected chi connectivity index (χ3v) is 5.37. The predicted octanol–water partition coefficient (Wildman–Crippen LogP) is 4.92. The molecule has 7 heteroatoms. The second-order valence-electron chi connectivity index (χ2n) is 7.55. The number of hydrogen-bond acceptors (Lipinski definition) is 5. The summed E-state index contributed by atoms with van der Waals surface area (Å²) in [4.78, 5) is 7.79. The van der Waals surface area contributed by atoms with Crippen molar-refractivity contribution in [3.8, 4) is 11.5 Å². The second-order valence-corrected chi connectivity index (χ2v) is 7.55. The number of nitrogens with one attached hydrogen (secondary N) is 1. The van der Waals surface area contributed by atoms with Crippen LogP contribution in [0.25, 0.3) is 27.9 Å². The number of ether oxygens (including phenoxy) is 2. The number of aromatic nitrogens is 5. The molecule has 0 bridgehead atoms. The highest BCUT2D eigenvalue weighted by molar-refractivity contribution is 6.08. The van der Waals surface area contributed by atoms with Crippen LogP contribution < -0.4 is 9.47 Å². The molecule has 0 amide bonds. The summed E-state index contributed by atoms with van der Waals surface area (Å²) in [6.45, 7) is 3.00. The van der Waals surface area contributed by atoms with E-state index in [0.717, 1.165) is 50.3 Å². The molecule has 1 N–H and O–H groups in total. The van der Waals surface area contributed by atoms with Crippen molar-refractivity contribution in [2.24, 2.45) is 0 Å². The average molecular weight is 425 g/mol. The van der Waals surface area contributed by atoms with Gasteiger partial charge in [0.1, 0.15) is 23.8 Å². The minimum absolute atomic E-state index is 0.358. The highest BCUT2D eigenvalue weighted by atomic mass is 16.5. The maximum Gasteiger partial charge on any atom is 0.134 e. The molecule has 0 unspecified atom stereocenters. The smallest absolute Gasteiger partial charge is 0.134 e. The zero-order chi connectivity index (χ0) is 21.9. The van der Waals surface area contributed by atoms with E-state index in [-0.39, 0.29) is 0 Å². The number of benzene rings is 2. The summed E-state index contributed by atoms with van der Waals surface area (Å²) in [7, 11) is 1.66. The third kappa shape index (κ3) is 4.05. The topological polar surface area (TPSA) is 77.9 Å². The van der Waals surface area contributed by atoms with Gasteiger partial charge in [-0.1, -0.05) is 29.5 Å². The van der Waals surface area contributed by atoms with Gasteiger partial charge < -0.3 is 14.5 Å². The monoisotopic (exact) mass is 425 g/mol. The molecule has 160 valence electrons. The number of rotatable bonds is 7. The maximum atomic E-state index is 5.98. The van der Waals surface area contributed by atoms with Crippen molar-refractivity contribution in [3.05, 3.63) is 84.0 Å². The maximum absolute atomic E-state index is 5.98. The van der Waals surface area contributed by atoms with Crippen LogP contribution in [0.4, 0.5) is 0 Å². The lowest BCUT2D eigenvalue weighted by Crippen LogP contribution is -1.96. The Hall–Kier alpha value is -4.13. The van der Waals surface area contributed by atoms with E-state index in [1.165, 1.54) is 0 Å². The minimum atomic E-state index is 0.358. The molecule has 0 fully saturated rings. The number of allylic oxidation sites excluding steroid dienone is 1. The number of nitrogens with zero attached hydrogens (tertiary/aromatic N) is 4. The van der Waals surface area contributed by atoms with Crippen molar-refractivity contribution >= 4 is 27.9 Å². The Balaban J connectivity index is 1.23. The summed E-state index contributed by atoms with van der Waals surface area (Å²) >= 11 is 0. The predicted molar refractivity (Wildman–Crippen MR) is 125 cm³/mol. The number of aromatic amines is 1. The lowest BCUT2D eigenvalue weighted by atomic mass is 10.1. The van der Waals surface area contributed by atoms with Gasteiger partial charge in [-0.15, -0.1) is 5.10 Å². The molecule has 0 saturated heterocycles. The highest BCUT2D eigenvalue weighted by Crippen LogP contribution is 2.29. The van der Waals surface area contributed by atoms with Crippen LogP contribution in [0.15, 0.2) is 67.0 Å². The van der Waals surface area contributed by atoms with E-state index in [9.17, 15) is 0 Å². The Labute approximate surface area is 185 Å². The van der Waals surface area contributed by atoms with Crippen LogP contribution >= 0.6 is 0 Å². The van der Waals surface area contributed by atoms with Crippen LogP contribution in [-0.4, -0.2) is 32.1 Å². The van der Waals surface area contributed by atoms with Gasteiger partial charge in [0.05, 0.1) is 31.1 Å². The van der Waals surface area contributed by atoms with Gasteiger partial charge in [0, 0.05) is 22.5 Å². The van der Waals surface area contributed by atoms with Crippen molar-refractivity contribution in [2.45, 2.75) is 20.1 Å². The van der Waals surface area contributed by atoms with E-state index in [0.29, 0.717) is 13.2 Å². The Kier molecular flexibility index (Phi) is 5.29. The number of aryl methyl sites for hydroxylation is 1. The lowest BCUT2D eigenvalue weighted by Gasteiger charge is -2.04. The van der Waals surface area contributed by atoms with Gasteiger partial charge >= 0.3 is 0 Å². The molecule has 32 heavy (non-hydrogen) atoms. The van der Waals surface area contributed by atoms with Crippen molar-refractivity contribution in [1.29, 1.82) is 0 Å². The van der Waals surface area contributed by atoms with Crippen molar-refractivity contribution in [1.82, 2.24) is 25.0 Å². The van der Waals surface area contributed by atoms with Gasteiger partial charge in [0.15, 0.2) is 0 Å². The van der Waals surface area contributed by atoms with Gasteiger partial charge in [-0.2, -0.15) is 0 Å². The Bertz CT molecular complexity index is 1400. The van der Waals surface area contributed by atoms with Crippen LogP contribution in [0.2, 0.25) is 0 Å². The van der Waals surface area contributed by atoms with E-state index in [1.54, 1.807) is 11.8 Å². The van der Waals surface area contributed by atoms with Gasteiger partial charge in [-0.3, -0.25) is 4.98 Å². The molecule has 0 aliphatic rings. The molecule has 0 atom stereocenters. The summed E-state index contributed by atoms with van der Waals surface area (Å²) in [5.74, 6) is 1.64. The van der Waals surface area contributed by atoms with Crippen LogP contribution in [0.1, 0.15) is 17.0 Å². The van der Waals surface area contributed by atoms with Crippen LogP contribution in [-0.2, 0) is 13.2 Å². The zero-order valence-corrected chi connectivity index (χ0v) is 17.9. The first-order valence-electron chi connectivity index (χ1n) is 10.4. The molecule has 2 aromatic carbocycles. The Morgan fingerprint density at radius 1 is 1.03 bits per heavy atom. The van der Waals surface area contributed by atoms with E-state index in [4.69, 9.17) is 9.47 Å². The molecular formula is C25H23N5O2. The fourth-order valence-corrected chi connectivity index (χ4v) is 3.69. The minimum Gasteiger partial charge on any atom is -0.497 e. The summed E-state index contributed by atoms with van der Waals surface area (Å²) < 4.78 is 13.0. The number of methoxy groups -OCH3 is 1. The Morgan fingerprint density at radius 2 is 1.88 bits per heavy atom. The molecule has 5 rings (SSSR count). The van der Waals surface area contributed by atoms with Crippen LogP contribution in [0, 0.1) is 6.92 Å². The van der Waals surface area contributed by atoms with E-state index >= 15 is 0 Å². The summed E-state index contributed by atoms with van der Waals surface area (Å²) in [5, 5.41) is 10.7. The SMILES string of the molecule is COc1ccc(/C=C/Cn2cc(COc3ccc4[nH]c5c(C)nccc5c4c3)nn2)cc1. The van der Waals surface area contributed by atoms with Crippen molar-refractivity contribution in [3.63, 3.8) is 0 Å². The quantitative estimate of drug-likeness (QED) is 0.401. The molecule has 0 spiro atoms. The summed E-state index contributed by atoms with van der Waals surface area (Å²) in [6, 6.07) is 16.0. The van der Waals surface area contributed by atoms with Crippen LogP contribution in [0.5, 0.6) is 11.5 Å². The molecular weight excluding hydrogens is 402 g/mol. The molecule has 0 aliphatic heterocycles. The van der Waals surface area contributed by atoms with Gasteiger partial charge in [0.2, 0.25) is 0 Å². The number of hydrogen-bond donors (Lipinski definition) is 1. The molecule has 3 heterocycles. The number of fused-ring (bicyclic) bond motifs is 3. The second kappa shape index (κ2) is 8.55. The number of H-pyrrole nitrogens is 1. The van der Waals surface area contributed by atoms with Gasteiger partial charge in [-0.25, -0.2) is 4.68 Å². The zero-order valence-electron chi connectivity index (χ0n) is 17.9. The lowest BCUT2D eigenvalue weighted by molar-refractivity contribution is 0.301. The Morgan fingerprint density at radius 3 is 2.72 bits per heavy atom. The van der Waals surface area contributed by atoms with E-state index in [2.05, 4.69) is 26.3 Å². The highest BCUT2D eigenvalue weighted by Gasteiger charge is 2.08. The first-order valence-corrected chi connectivity index (χ1v) is 10.4. The van der Waals surface area contributed by atoms with E-state index in [1.807, 2.05) is 73.9 Å². The molecule has 7 nitrogen and oxygen atoms in total. The molecule has 5 aromatic rings. The van der Waals surface area contributed by atoms with Gasteiger partial charge in [-0.05, 0) is 48.9 Å². The first kappa shape index (κ1) is 19.8. The first-order chi connectivity index (χ1) is 15.7. The van der Waals surface area contributed by atoms with E-state index < -0.39 is 0 Å². The molecule has 0 aliphatic carbocycles. The van der Waals surface area contributed by atoms with Crippen LogP contribution in [0.3, 0.4) is 0 Å². The summed E-state index contributed by atoms with van der Waals surface area (Å²) in [5.41, 5.74) is 5.00. The van der Waals surface area contributed by atoms with Gasteiger partial charge in [0.25, 0.3) is 0 Å². The largest absolute Gasteiger partial charge is 0.497 e. The summed E-state index contributed by atoms with van der Waals surface area (Å²) in [6.07, 6.45) is 7.82. The molecule has 0 radical (unpaired) electrons. The fourth-order valence-electron chi connectivity index (χ4n) is 3.69. The third-order valence-electron chi connectivity index (χ3n) is 5.37. The van der Waals surface area contributed by atoms with Crippen molar-refractivity contribution in [2.75, 3.05) is 7.11 Å². The number of pyridine rings is 1. The standard InChI is InChI=1S/C25H23N5O2/c1-17-25-22(11-12-26-17)23-14-21(9-10-24(23)27-25)32-16-19-15-30(29-28-19)13-3-4-18-5-7-20(31-2)8-6-18/h3-12,14-15,27H,13,16H2,1-2H3/b4-3+. The molecule has 0 saturated carbocycles.